The van der Waals surface area contributed by atoms with Crippen LogP contribution in [0.25, 0.3) is 11.1 Å². The highest BCUT2D eigenvalue weighted by Gasteiger charge is 2.52. The van der Waals surface area contributed by atoms with Crippen LogP contribution in [0.4, 0.5) is 8.78 Å². The second-order valence-corrected chi connectivity index (χ2v) is 8.57. The van der Waals surface area contributed by atoms with Gasteiger partial charge in [-0.1, -0.05) is 61.3 Å². The Morgan fingerprint density at radius 2 is 1.88 bits per heavy atom. The van der Waals surface area contributed by atoms with E-state index >= 15 is 0 Å². The lowest BCUT2D eigenvalue weighted by atomic mass is 9.96. The van der Waals surface area contributed by atoms with E-state index in [1.807, 2.05) is 31.2 Å². The van der Waals surface area contributed by atoms with Crippen molar-refractivity contribution in [2.75, 3.05) is 19.3 Å². The van der Waals surface area contributed by atoms with Gasteiger partial charge in [0.25, 0.3) is 5.92 Å². The zero-order valence-corrected chi connectivity index (χ0v) is 17.1. The predicted octanol–water partition coefficient (Wildman–Crippen LogP) is 3.97. The minimum atomic E-state index is -2.72. The summed E-state index contributed by atoms with van der Waals surface area (Å²) in [5.41, 5.74) is 3.34. The van der Waals surface area contributed by atoms with Crippen LogP contribution in [0.5, 0.6) is 0 Å². The van der Waals surface area contributed by atoms with E-state index in [9.17, 15) is 8.78 Å². The van der Waals surface area contributed by atoms with Crippen molar-refractivity contribution >= 4 is 26.5 Å². The third-order valence-electron chi connectivity index (χ3n) is 4.81. The Labute approximate surface area is 161 Å². The van der Waals surface area contributed by atoms with Crippen LogP contribution in [0.3, 0.4) is 0 Å². The normalized spacial score (nSPS) is 22.7. The van der Waals surface area contributed by atoms with Crippen molar-refractivity contribution in [2.45, 2.75) is 31.4 Å². The fourth-order valence-corrected chi connectivity index (χ4v) is 4.50. The zero-order chi connectivity index (χ0) is 18.7. The van der Waals surface area contributed by atoms with Crippen molar-refractivity contribution in [2.24, 2.45) is 0 Å². The maximum Gasteiger partial charge on any atom is 0.277 e. The van der Waals surface area contributed by atoms with Crippen LogP contribution >= 0.6 is 21.2 Å². The molecule has 2 aromatic carbocycles. The summed E-state index contributed by atoms with van der Waals surface area (Å²) >= 11 is 1.37. The van der Waals surface area contributed by atoms with Crippen molar-refractivity contribution in [3.63, 3.8) is 0 Å². The molecule has 0 amide bonds. The maximum atomic E-state index is 14.4. The quantitative estimate of drug-likeness (QED) is 0.590. The summed E-state index contributed by atoms with van der Waals surface area (Å²) < 4.78 is 31.8. The molecule has 0 bridgehead atoms. The molecule has 3 atom stereocenters. The number of hydrogen-bond donors (Lipinski definition) is 1. The summed E-state index contributed by atoms with van der Waals surface area (Å²) in [5.74, 6) is -1.95. The Morgan fingerprint density at radius 1 is 1.19 bits per heavy atom. The third kappa shape index (κ3) is 4.45. The van der Waals surface area contributed by atoms with Gasteiger partial charge >= 0.3 is 0 Å². The fourth-order valence-electron chi connectivity index (χ4n) is 3.53. The number of nitrogens with zero attached hydrogens (tertiary/aromatic N) is 1. The second kappa shape index (κ2) is 8.35. The fraction of sp³-hybridized carbons (Fsp3) is 0.400. The van der Waals surface area contributed by atoms with E-state index in [4.69, 9.17) is 0 Å². The molecule has 1 aliphatic rings. The molecule has 2 aromatic rings. The number of likely N-dealkylation sites (N-methyl/N-ethyl adjacent to an activating group) is 1. The SMILES string of the molecule is CCSNC1C(Cc2cccc(-c3cccc(P)c3)c2)N(C)CC1(F)F. The highest BCUT2D eigenvalue weighted by molar-refractivity contribution is 7.97. The molecular weight excluding hydrogens is 369 g/mol. The van der Waals surface area contributed by atoms with Gasteiger partial charge in [0.05, 0.1) is 12.6 Å². The lowest BCUT2D eigenvalue weighted by Crippen LogP contribution is -2.46. The van der Waals surface area contributed by atoms with E-state index in [1.165, 1.54) is 11.9 Å². The summed E-state index contributed by atoms with van der Waals surface area (Å²) in [6.45, 7) is 1.77. The van der Waals surface area contributed by atoms with Gasteiger partial charge in [0.15, 0.2) is 0 Å². The second-order valence-electron chi connectivity index (χ2n) is 6.80. The smallest absolute Gasteiger partial charge is 0.277 e. The summed E-state index contributed by atoms with van der Waals surface area (Å²) in [6.07, 6.45) is 0.600. The summed E-state index contributed by atoms with van der Waals surface area (Å²) in [5, 5.41) is 1.13. The van der Waals surface area contributed by atoms with E-state index in [2.05, 4.69) is 38.2 Å². The first-order chi connectivity index (χ1) is 12.4. The van der Waals surface area contributed by atoms with Crippen molar-refractivity contribution in [3.05, 3.63) is 54.1 Å². The van der Waals surface area contributed by atoms with E-state index in [-0.39, 0.29) is 12.6 Å². The minimum Gasteiger partial charge on any atom is -0.295 e. The van der Waals surface area contributed by atoms with E-state index in [0.29, 0.717) is 6.42 Å². The maximum absolute atomic E-state index is 14.4. The van der Waals surface area contributed by atoms with Crippen LogP contribution in [-0.4, -0.2) is 42.3 Å². The van der Waals surface area contributed by atoms with E-state index in [1.54, 1.807) is 11.9 Å². The first-order valence-electron chi connectivity index (χ1n) is 8.81. The minimum absolute atomic E-state index is 0.200. The summed E-state index contributed by atoms with van der Waals surface area (Å²) in [4.78, 5) is 1.78. The molecule has 6 heteroatoms. The van der Waals surface area contributed by atoms with Gasteiger partial charge in [-0.15, -0.1) is 9.24 Å². The first kappa shape index (κ1) is 19.8. The van der Waals surface area contributed by atoms with Crippen molar-refractivity contribution in [1.82, 2.24) is 9.62 Å². The number of hydrogen-bond acceptors (Lipinski definition) is 3. The average Bonchev–Trinajstić information content (AvgIpc) is 2.81. The molecule has 3 unspecified atom stereocenters. The molecule has 1 heterocycles. The Bertz CT molecular complexity index is 756. The Balaban J connectivity index is 1.82. The van der Waals surface area contributed by atoms with Gasteiger partial charge in [0.2, 0.25) is 0 Å². The van der Waals surface area contributed by atoms with Gasteiger partial charge in [-0.05, 0) is 41.5 Å². The first-order valence-corrected chi connectivity index (χ1v) is 10.4. The molecule has 1 fully saturated rings. The lowest BCUT2D eigenvalue weighted by molar-refractivity contribution is -0.00423. The van der Waals surface area contributed by atoms with Gasteiger partial charge in [-0.25, -0.2) is 8.78 Å². The predicted molar refractivity (Wildman–Crippen MR) is 111 cm³/mol. The van der Waals surface area contributed by atoms with Crippen LogP contribution in [0.15, 0.2) is 48.5 Å². The van der Waals surface area contributed by atoms with Gasteiger partial charge in [-0.3, -0.25) is 9.62 Å². The molecule has 0 saturated carbocycles. The van der Waals surface area contributed by atoms with Crippen LogP contribution < -0.4 is 10.0 Å². The molecule has 0 spiro atoms. The number of benzene rings is 2. The lowest BCUT2D eigenvalue weighted by Gasteiger charge is -2.26. The molecule has 140 valence electrons. The highest BCUT2D eigenvalue weighted by atomic mass is 32.2. The summed E-state index contributed by atoms with van der Waals surface area (Å²) in [7, 11) is 4.50. The number of halogens is 2. The van der Waals surface area contributed by atoms with Gasteiger partial charge in [-0.2, -0.15) is 0 Å². The molecule has 3 rings (SSSR count). The zero-order valence-electron chi connectivity index (χ0n) is 15.1. The summed E-state index contributed by atoms with van der Waals surface area (Å²) in [6, 6.07) is 15.4. The molecule has 26 heavy (non-hydrogen) atoms. The molecule has 0 aliphatic carbocycles. The molecule has 1 saturated heterocycles. The van der Waals surface area contributed by atoms with Gasteiger partial charge in [0.1, 0.15) is 0 Å². The standard InChI is InChI=1S/C20H25F2N2PS/c1-3-26-23-19-18(24(2)13-20(19,21)22)11-14-6-4-7-15(10-14)16-8-5-9-17(25)12-16/h4-10,12,18-19,23H,3,11,13,25H2,1-2H3. The topological polar surface area (TPSA) is 15.3 Å². The monoisotopic (exact) mass is 394 g/mol. The largest absolute Gasteiger partial charge is 0.295 e. The Morgan fingerprint density at radius 3 is 2.58 bits per heavy atom. The molecule has 1 N–H and O–H groups in total. The Hall–Kier alpha value is -1.00. The molecule has 0 radical (unpaired) electrons. The highest BCUT2D eigenvalue weighted by Crippen LogP contribution is 2.34. The molecular formula is C20H25F2N2PS. The third-order valence-corrected chi connectivity index (χ3v) is 5.88. The number of rotatable bonds is 6. The Kier molecular flexibility index (Phi) is 6.34. The van der Waals surface area contributed by atoms with E-state index in [0.717, 1.165) is 27.7 Å². The van der Waals surface area contributed by atoms with Crippen molar-refractivity contribution < 1.29 is 8.78 Å². The van der Waals surface area contributed by atoms with Crippen molar-refractivity contribution in [1.29, 1.82) is 0 Å². The van der Waals surface area contributed by atoms with E-state index < -0.39 is 12.0 Å². The van der Waals surface area contributed by atoms with Crippen LogP contribution in [-0.2, 0) is 6.42 Å². The molecule has 2 nitrogen and oxygen atoms in total. The van der Waals surface area contributed by atoms with Gasteiger partial charge < -0.3 is 0 Å². The van der Waals surface area contributed by atoms with Gasteiger partial charge in [0, 0.05) is 11.8 Å². The molecule has 1 aliphatic heterocycles. The number of alkyl halides is 2. The van der Waals surface area contributed by atoms with Crippen LogP contribution in [0.2, 0.25) is 0 Å². The van der Waals surface area contributed by atoms with Crippen molar-refractivity contribution in [3.8, 4) is 11.1 Å². The number of likely N-dealkylation sites (tertiary alicyclic amines) is 1. The number of nitrogens with one attached hydrogen (secondary N) is 1. The van der Waals surface area contributed by atoms with Crippen LogP contribution in [0, 0.1) is 0 Å². The molecule has 0 aromatic heterocycles. The average molecular weight is 394 g/mol. The van der Waals surface area contributed by atoms with Crippen LogP contribution in [0.1, 0.15) is 12.5 Å².